The maximum absolute atomic E-state index is 11.6. The van der Waals surface area contributed by atoms with Gasteiger partial charge in [0.2, 0.25) is 5.91 Å². The van der Waals surface area contributed by atoms with Gasteiger partial charge in [-0.15, -0.1) is 0 Å². The Morgan fingerprint density at radius 1 is 1.10 bits per heavy atom. The number of nitrogens with one attached hydrogen (secondary N) is 2. The molecule has 0 bridgehead atoms. The van der Waals surface area contributed by atoms with Crippen molar-refractivity contribution in [3.05, 3.63) is 35.9 Å². The predicted molar refractivity (Wildman–Crippen MR) is 71.8 cm³/mol. The molecular formula is C14H17N2O5-. The van der Waals surface area contributed by atoms with Crippen molar-refractivity contribution in [3.8, 4) is 0 Å². The lowest BCUT2D eigenvalue weighted by molar-refractivity contribution is -0.307. The minimum atomic E-state index is -1.40. The Labute approximate surface area is 122 Å². The molecule has 7 heteroatoms. The molecule has 0 saturated carbocycles. The molecule has 0 aliphatic carbocycles. The van der Waals surface area contributed by atoms with E-state index in [2.05, 4.69) is 10.6 Å². The lowest BCUT2D eigenvalue weighted by Crippen LogP contribution is -2.52. The maximum Gasteiger partial charge on any atom is 0.408 e. The maximum atomic E-state index is 11.6. The molecule has 0 heterocycles. The summed E-state index contributed by atoms with van der Waals surface area (Å²) in [6, 6.07) is 7.00. The van der Waals surface area contributed by atoms with Crippen molar-refractivity contribution in [3.63, 3.8) is 0 Å². The molecule has 114 valence electrons. The smallest absolute Gasteiger partial charge is 0.408 e. The van der Waals surface area contributed by atoms with E-state index in [-0.39, 0.29) is 6.61 Å². The number of carboxylic acid groups (broad SMARTS) is 1. The Morgan fingerprint density at radius 2 is 1.71 bits per heavy atom. The third-order valence-electron chi connectivity index (χ3n) is 2.65. The van der Waals surface area contributed by atoms with E-state index in [1.807, 2.05) is 18.2 Å². The van der Waals surface area contributed by atoms with Crippen molar-refractivity contribution in [2.45, 2.75) is 32.5 Å². The zero-order valence-electron chi connectivity index (χ0n) is 11.8. The summed E-state index contributed by atoms with van der Waals surface area (Å²) >= 11 is 0. The molecule has 0 radical (unpaired) electrons. The fourth-order valence-corrected chi connectivity index (χ4v) is 1.40. The molecule has 2 N–H and O–H groups in total. The summed E-state index contributed by atoms with van der Waals surface area (Å²) in [5.41, 5.74) is 0.815. The molecule has 0 aliphatic rings. The molecule has 0 saturated heterocycles. The number of carbonyl (C=O) groups is 3. The van der Waals surface area contributed by atoms with Gasteiger partial charge >= 0.3 is 6.09 Å². The molecule has 0 aromatic heterocycles. The molecule has 1 aromatic carbocycles. The number of hydrogen-bond donors (Lipinski definition) is 2. The van der Waals surface area contributed by atoms with Crippen LogP contribution in [0, 0.1) is 0 Å². The van der Waals surface area contributed by atoms with Crippen LogP contribution < -0.4 is 15.7 Å². The van der Waals surface area contributed by atoms with E-state index in [0.717, 1.165) is 5.56 Å². The summed E-state index contributed by atoms with van der Waals surface area (Å²) in [6.45, 7) is 2.77. The van der Waals surface area contributed by atoms with Crippen LogP contribution in [0.2, 0.25) is 0 Å². The highest BCUT2D eigenvalue weighted by Crippen LogP contribution is 2.00. The third kappa shape index (κ3) is 5.94. The van der Waals surface area contributed by atoms with Crippen LogP contribution in [0.5, 0.6) is 0 Å². The van der Waals surface area contributed by atoms with Crippen LogP contribution in [0.3, 0.4) is 0 Å². The second-order valence-corrected chi connectivity index (χ2v) is 4.48. The van der Waals surface area contributed by atoms with Crippen LogP contribution in [0.15, 0.2) is 30.3 Å². The number of ether oxygens (including phenoxy) is 1. The average Bonchev–Trinajstić information content (AvgIpc) is 2.45. The van der Waals surface area contributed by atoms with Crippen LogP contribution in [-0.2, 0) is 20.9 Å². The summed E-state index contributed by atoms with van der Waals surface area (Å²) in [4.78, 5) is 33.6. The first-order valence-corrected chi connectivity index (χ1v) is 6.38. The Bertz CT molecular complexity index is 503. The summed E-state index contributed by atoms with van der Waals surface area (Å²) in [5, 5.41) is 15.0. The highest BCUT2D eigenvalue weighted by atomic mass is 16.5. The van der Waals surface area contributed by atoms with Crippen molar-refractivity contribution < 1.29 is 24.2 Å². The lowest BCUT2D eigenvalue weighted by atomic mass is 10.2. The van der Waals surface area contributed by atoms with Crippen molar-refractivity contribution in [1.82, 2.24) is 10.6 Å². The van der Waals surface area contributed by atoms with E-state index in [1.165, 1.54) is 13.8 Å². The number of aliphatic carboxylic acids is 1. The summed E-state index contributed by atoms with van der Waals surface area (Å²) in [6.07, 6.45) is -0.761. The number of carbonyl (C=O) groups excluding carboxylic acids is 3. The molecule has 1 aromatic rings. The van der Waals surface area contributed by atoms with Crippen molar-refractivity contribution in [2.24, 2.45) is 0 Å². The van der Waals surface area contributed by atoms with Gasteiger partial charge in [0.15, 0.2) is 0 Å². The molecule has 2 atom stereocenters. The summed E-state index contributed by atoms with van der Waals surface area (Å²) in [5.74, 6) is -2.04. The number of benzene rings is 1. The fourth-order valence-electron chi connectivity index (χ4n) is 1.40. The van der Waals surface area contributed by atoms with Crippen LogP contribution in [0.4, 0.5) is 4.79 Å². The zero-order chi connectivity index (χ0) is 15.8. The lowest BCUT2D eigenvalue weighted by Gasteiger charge is -2.18. The molecule has 2 amide bonds. The Kier molecular flexibility index (Phi) is 6.19. The monoisotopic (exact) mass is 293 g/mol. The first-order valence-electron chi connectivity index (χ1n) is 6.38. The van der Waals surface area contributed by atoms with Gasteiger partial charge in [-0.25, -0.2) is 4.79 Å². The molecule has 0 fully saturated rings. The first-order chi connectivity index (χ1) is 9.90. The van der Waals surface area contributed by atoms with Gasteiger partial charge in [-0.2, -0.15) is 0 Å². The number of rotatable bonds is 6. The number of carboxylic acids is 1. The van der Waals surface area contributed by atoms with Crippen molar-refractivity contribution in [1.29, 1.82) is 0 Å². The largest absolute Gasteiger partial charge is 0.548 e. The molecule has 7 nitrogen and oxygen atoms in total. The zero-order valence-corrected chi connectivity index (χ0v) is 11.8. The second kappa shape index (κ2) is 7.88. The van der Waals surface area contributed by atoms with Crippen LogP contribution >= 0.6 is 0 Å². The Morgan fingerprint density at radius 3 is 2.29 bits per heavy atom. The van der Waals surface area contributed by atoms with E-state index >= 15 is 0 Å². The minimum absolute atomic E-state index is 0.0798. The molecule has 0 aliphatic heterocycles. The van der Waals surface area contributed by atoms with E-state index in [0.29, 0.717) is 0 Å². The predicted octanol–water partition coefficient (Wildman–Crippen LogP) is -0.444. The van der Waals surface area contributed by atoms with Gasteiger partial charge < -0.3 is 25.3 Å². The highest BCUT2D eigenvalue weighted by molar-refractivity contribution is 5.88. The summed E-state index contributed by atoms with van der Waals surface area (Å²) < 4.78 is 4.94. The standard InChI is InChI=1S/C14H18N2O5/c1-9(12(17)15-10(2)13(18)19)16-14(20)21-8-11-6-4-3-5-7-11/h3-7,9-10H,8H2,1-2H3,(H,15,17)(H,16,20)(H,18,19)/p-1/t9-,10+/m1/s1. The molecule has 21 heavy (non-hydrogen) atoms. The van der Waals surface area contributed by atoms with Crippen molar-refractivity contribution in [2.75, 3.05) is 0 Å². The second-order valence-electron chi connectivity index (χ2n) is 4.48. The van der Waals surface area contributed by atoms with Crippen molar-refractivity contribution >= 4 is 18.0 Å². The van der Waals surface area contributed by atoms with E-state index in [4.69, 9.17) is 4.74 Å². The Hall–Kier alpha value is -2.57. The van der Waals surface area contributed by atoms with Crippen LogP contribution in [-0.4, -0.2) is 30.1 Å². The SMILES string of the molecule is C[C@H](NC(=O)[C@@H](C)NC(=O)OCc1ccccc1)C(=O)[O-]. The topological polar surface area (TPSA) is 108 Å². The van der Waals surface area contributed by atoms with Gasteiger partial charge in [0.25, 0.3) is 0 Å². The van der Waals surface area contributed by atoms with Crippen LogP contribution in [0.1, 0.15) is 19.4 Å². The highest BCUT2D eigenvalue weighted by Gasteiger charge is 2.18. The average molecular weight is 293 g/mol. The third-order valence-corrected chi connectivity index (χ3v) is 2.65. The number of alkyl carbamates (subject to hydrolysis) is 1. The normalized spacial score (nSPS) is 12.9. The van der Waals surface area contributed by atoms with E-state index in [1.54, 1.807) is 12.1 Å². The van der Waals surface area contributed by atoms with Gasteiger partial charge in [0.1, 0.15) is 12.6 Å². The first kappa shape index (κ1) is 16.5. The minimum Gasteiger partial charge on any atom is -0.548 e. The molecule has 0 unspecified atom stereocenters. The Balaban J connectivity index is 2.36. The number of hydrogen-bond acceptors (Lipinski definition) is 5. The number of amides is 2. The van der Waals surface area contributed by atoms with Gasteiger partial charge in [-0.05, 0) is 19.4 Å². The van der Waals surface area contributed by atoms with Gasteiger partial charge in [0.05, 0.1) is 12.0 Å². The van der Waals surface area contributed by atoms with E-state index in [9.17, 15) is 19.5 Å². The quantitative estimate of drug-likeness (QED) is 0.739. The summed E-state index contributed by atoms with van der Waals surface area (Å²) in [7, 11) is 0. The molecule has 0 spiro atoms. The van der Waals surface area contributed by atoms with E-state index < -0.39 is 30.1 Å². The molecular weight excluding hydrogens is 276 g/mol. The van der Waals surface area contributed by atoms with Gasteiger partial charge in [0, 0.05) is 0 Å². The fraction of sp³-hybridized carbons (Fsp3) is 0.357. The van der Waals surface area contributed by atoms with Gasteiger partial charge in [-0.1, -0.05) is 30.3 Å². The van der Waals surface area contributed by atoms with Gasteiger partial charge in [-0.3, -0.25) is 4.79 Å². The van der Waals surface area contributed by atoms with Crippen LogP contribution in [0.25, 0.3) is 0 Å². The molecule has 1 rings (SSSR count).